The maximum atomic E-state index is 11.1. The molecule has 0 radical (unpaired) electrons. The molecule has 0 amide bonds. The molecule has 8 heteroatoms. The molecule has 0 rings (SSSR count). The van der Waals surface area contributed by atoms with Gasteiger partial charge in [-0.25, -0.2) is 4.79 Å². The maximum absolute atomic E-state index is 11.1. The van der Waals surface area contributed by atoms with Gasteiger partial charge in [0.15, 0.2) is 0 Å². The topological polar surface area (TPSA) is 89.5 Å². The van der Waals surface area contributed by atoms with Gasteiger partial charge in [-0.1, -0.05) is 13.5 Å². The lowest BCUT2D eigenvalue weighted by molar-refractivity contribution is -0.145. The van der Waals surface area contributed by atoms with Crippen molar-refractivity contribution < 1.29 is 38.0 Å². The van der Waals surface area contributed by atoms with Gasteiger partial charge in [0, 0.05) is 12.5 Å². The zero-order chi connectivity index (χ0) is 18.6. The Kier molecular flexibility index (Phi) is 17.7. The Hall–Kier alpha value is -1.48. The van der Waals surface area contributed by atoms with Crippen LogP contribution in [-0.2, 0) is 38.0 Å². The lowest BCUT2D eigenvalue weighted by atomic mass is 10.3. The lowest BCUT2D eigenvalue weighted by Gasteiger charge is -2.08. The molecule has 0 bridgehead atoms. The molecule has 0 aliphatic rings. The minimum absolute atomic E-state index is 0.193. The number of esters is 2. The zero-order valence-corrected chi connectivity index (χ0v) is 15.0. The van der Waals surface area contributed by atoms with Gasteiger partial charge in [0.25, 0.3) is 0 Å². The van der Waals surface area contributed by atoms with Gasteiger partial charge in [-0.15, -0.1) is 0 Å². The summed E-state index contributed by atoms with van der Waals surface area (Å²) in [4.78, 5) is 21.8. The highest BCUT2D eigenvalue weighted by atomic mass is 16.6. The monoisotopic (exact) mass is 362 g/mol. The van der Waals surface area contributed by atoms with Crippen molar-refractivity contribution in [3.63, 3.8) is 0 Å². The molecule has 0 aromatic rings. The van der Waals surface area contributed by atoms with Crippen LogP contribution in [0.25, 0.3) is 0 Å². The molecule has 0 aromatic heterocycles. The Morgan fingerprint density at radius 2 is 1.12 bits per heavy atom. The summed E-state index contributed by atoms with van der Waals surface area (Å²) >= 11 is 0. The third kappa shape index (κ3) is 18.7. The summed E-state index contributed by atoms with van der Waals surface area (Å²) in [5.74, 6) is -0.653. The summed E-state index contributed by atoms with van der Waals surface area (Å²) in [6, 6.07) is 0. The third-order valence-corrected chi connectivity index (χ3v) is 2.70. The molecule has 0 spiro atoms. The second kappa shape index (κ2) is 18.9. The number of ether oxygens (including phenoxy) is 6. The molecule has 25 heavy (non-hydrogen) atoms. The summed E-state index contributed by atoms with van der Waals surface area (Å²) in [5.41, 5.74) is 0. The first-order valence-corrected chi connectivity index (χ1v) is 8.46. The van der Waals surface area contributed by atoms with Crippen LogP contribution in [-0.4, -0.2) is 78.0 Å². The van der Waals surface area contributed by atoms with E-state index in [9.17, 15) is 9.59 Å². The van der Waals surface area contributed by atoms with E-state index in [1.165, 1.54) is 0 Å². The van der Waals surface area contributed by atoms with E-state index in [4.69, 9.17) is 28.4 Å². The molecule has 0 atom stereocenters. The van der Waals surface area contributed by atoms with Crippen LogP contribution in [0.3, 0.4) is 0 Å². The maximum Gasteiger partial charge on any atom is 0.330 e. The van der Waals surface area contributed by atoms with E-state index in [1.54, 1.807) is 0 Å². The highest BCUT2D eigenvalue weighted by Gasteiger charge is 1.99. The van der Waals surface area contributed by atoms with E-state index >= 15 is 0 Å². The molecule has 146 valence electrons. The van der Waals surface area contributed by atoms with Crippen molar-refractivity contribution in [2.75, 3.05) is 66.1 Å². The van der Waals surface area contributed by atoms with Crippen LogP contribution >= 0.6 is 0 Å². The van der Waals surface area contributed by atoms with E-state index in [2.05, 4.69) is 6.58 Å². The SMILES string of the molecule is C=CC(=O)OCCOCCOCCOCCOCCOC(=O)CCC. The van der Waals surface area contributed by atoms with Crippen molar-refractivity contribution in [3.05, 3.63) is 12.7 Å². The fourth-order valence-electron chi connectivity index (χ4n) is 1.51. The average molecular weight is 362 g/mol. The summed E-state index contributed by atoms with van der Waals surface area (Å²) in [6.45, 7) is 9.07. The van der Waals surface area contributed by atoms with Crippen molar-refractivity contribution in [1.29, 1.82) is 0 Å². The molecule has 0 saturated heterocycles. The van der Waals surface area contributed by atoms with Crippen LogP contribution in [0.15, 0.2) is 12.7 Å². The molecule has 0 fully saturated rings. The molecule has 0 aromatic carbocycles. The van der Waals surface area contributed by atoms with Gasteiger partial charge in [0.2, 0.25) is 0 Å². The van der Waals surface area contributed by atoms with E-state index in [0.717, 1.165) is 12.5 Å². The molecule has 0 heterocycles. The largest absolute Gasteiger partial charge is 0.463 e. The quantitative estimate of drug-likeness (QED) is 0.204. The predicted molar refractivity (Wildman–Crippen MR) is 90.3 cm³/mol. The van der Waals surface area contributed by atoms with Crippen molar-refractivity contribution >= 4 is 11.9 Å². The second-order valence-corrected chi connectivity index (χ2v) is 4.79. The second-order valence-electron chi connectivity index (χ2n) is 4.79. The number of hydrogen-bond donors (Lipinski definition) is 0. The van der Waals surface area contributed by atoms with Crippen molar-refractivity contribution in [1.82, 2.24) is 0 Å². The molecule has 0 aliphatic carbocycles. The Morgan fingerprint density at radius 1 is 0.720 bits per heavy atom. The Morgan fingerprint density at radius 3 is 1.52 bits per heavy atom. The zero-order valence-electron chi connectivity index (χ0n) is 15.0. The van der Waals surface area contributed by atoms with E-state index < -0.39 is 5.97 Å². The highest BCUT2D eigenvalue weighted by Crippen LogP contribution is 1.91. The lowest BCUT2D eigenvalue weighted by Crippen LogP contribution is -2.15. The normalized spacial score (nSPS) is 10.4. The van der Waals surface area contributed by atoms with Crippen LogP contribution in [0.2, 0.25) is 0 Å². The summed E-state index contributed by atoms with van der Waals surface area (Å²) < 4.78 is 30.8. The highest BCUT2D eigenvalue weighted by molar-refractivity contribution is 5.81. The van der Waals surface area contributed by atoms with E-state index in [1.807, 2.05) is 6.92 Å². The Labute approximate surface area is 149 Å². The standard InChI is InChI=1S/C17H30O8/c1-3-5-17(19)25-15-13-23-11-9-21-7-6-20-8-10-22-12-14-24-16(18)4-2/h4H,2-3,5-15H2,1H3. The van der Waals surface area contributed by atoms with Gasteiger partial charge < -0.3 is 28.4 Å². The molecule has 0 saturated carbocycles. The van der Waals surface area contributed by atoms with E-state index in [0.29, 0.717) is 59.3 Å². The van der Waals surface area contributed by atoms with Gasteiger partial charge >= 0.3 is 11.9 Å². The van der Waals surface area contributed by atoms with Gasteiger partial charge in [0.05, 0.1) is 52.9 Å². The first kappa shape index (κ1) is 23.5. The van der Waals surface area contributed by atoms with Crippen LogP contribution < -0.4 is 0 Å². The molecule has 0 unspecified atom stereocenters. The molecular weight excluding hydrogens is 332 g/mol. The number of carbonyl (C=O) groups is 2. The van der Waals surface area contributed by atoms with Crippen LogP contribution in [0.4, 0.5) is 0 Å². The van der Waals surface area contributed by atoms with Gasteiger partial charge in [-0.3, -0.25) is 4.79 Å². The summed E-state index contributed by atoms with van der Waals surface area (Å²) in [5, 5.41) is 0. The average Bonchev–Trinajstić information content (AvgIpc) is 2.61. The molecule has 0 aliphatic heterocycles. The molecular formula is C17H30O8. The van der Waals surface area contributed by atoms with Crippen LogP contribution in [0, 0.1) is 0 Å². The number of hydrogen-bond acceptors (Lipinski definition) is 8. The Balaban J connectivity index is 3.08. The number of rotatable bonds is 18. The Bertz CT molecular complexity index is 346. The number of carbonyl (C=O) groups excluding carboxylic acids is 2. The van der Waals surface area contributed by atoms with Crippen LogP contribution in [0.5, 0.6) is 0 Å². The molecule has 0 N–H and O–H groups in total. The fraction of sp³-hybridized carbons (Fsp3) is 0.765. The fourth-order valence-corrected chi connectivity index (χ4v) is 1.51. The minimum atomic E-state index is -0.460. The van der Waals surface area contributed by atoms with Crippen LogP contribution in [0.1, 0.15) is 19.8 Å². The van der Waals surface area contributed by atoms with Gasteiger partial charge in [-0.05, 0) is 6.42 Å². The predicted octanol–water partition coefficient (Wildman–Crippen LogP) is 1.13. The smallest absolute Gasteiger partial charge is 0.330 e. The minimum Gasteiger partial charge on any atom is -0.463 e. The summed E-state index contributed by atoms with van der Waals surface area (Å²) in [6.07, 6.45) is 2.33. The third-order valence-electron chi connectivity index (χ3n) is 2.70. The summed E-state index contributed by atoms with van der Waals surface area (Å²) in [7, 11) is 0. The molecule has 8 nitrogen and oxygen atoms in total. The first-order valence-electron chi connectivity index (χ1n) is 8.46. The first-order chi connectivity index (χ1) is 12.2. The van der Waals surface area contributed by atoms with Gasteiger partial charge in [-0.2, -0.15) is 0 Å². The van der Waals surface area contributed by atoms with Gasteiger partial charge in [0.1, 0.15) is 13.2 Å². The van der Waals surface area contributed by atoms with Crippen molar-refractivity contribution in [2.24, 2.45) is 0 Å². The van der Waals surface area contributed by atoms with Crippen molar-refractivity contribution in [3.8, 4) is 0 Å². The van der Waals surface area contributed by atoms with E-state index in [-0.39, 0.29) is 19.2 Å². The van der Waals surface area contributed by atoms with Crippen molar-refractivity contribution in [2.45, 2.75) is 19.8 Å².